The van der Waals surface area contributed by atoms with Gasteiger partial charge < -0.3 is 4.74 Å². The molecule has 0 spiro atoms. The number of rotatable bonds is 5. The third-order valence-corrected chi connectivity index (χ3v) is 5.15. The van der Waals surface area contributed by atoms with Crippen LogP contribution in [0.15, 0.2) is 24.3 Å². The van der Waals surface area contributed by atoms with Gasteiger partial charge in [-0.3, -0.25) is 9.69 Å². The molecule has 1 aliphatic carbocycles. The van der Waals surface area contributed by atoms with Crippen LogP contribution < -0.4 is 4.90 Å². The second-order valence-corrected chi connectivity index (χ2v) is 6.90. The molecule has 5 nitrogen and oxygen atoms in total. The number of hydrogen-bond acceptors (Lipinski definition) is 5. The zero-order chi connectivity index (χ0) is 17.3. The van der Waals surface area contributed by atoms with Crippen LogP contribution in [0.1, 0.15) is 45.5 Å². The van der Waals surface area contributed by atoms with E-state index >= 15 is 0 Å². The Hall–Kier alpha value is -1.92. The van der Waals surface area contributed by atoms with Gasteiger partial charge in [0.25, 0.3) is 5.91 Å². The van der Waals surface area contributed by atoms with E-state index in [4.69, 9.17) is 16.3 Å². The number of ether oxygens (including phenoxy) is 1. The minimum Gasteiger partial charge on any atom is -0.462 e. The van der Waals surface area contributed by atoms with Crippen molar-refractivity contribution in [2.24, 2.45) is 0 Å². The van der Waals surface area contributed by atoms with Gasteiger partial charge in [-0.1, -0.05) is 35.1 Å². The molecule has 1 heterocycles. The van der Waals surface area contributed by atoms with E-state index in [0.717, 1.165) is 12.8 Å². The molecule has 1 saturated carbocycles. The lowest BCUT2D eigenvalue weighted by Crippen LogP contribution is -2.33. The fourth-order valence-corrected chi connectivity index (χ4v) is 3.62. The zero-order valence-corrected chi connectivity index (χ0v) is 15.0. The van der Waals surface area contributed by atoms with E-state index in [-0.39, 0.29) is 11.9 Å². The molecule has 0 bridgehead atoms. The summed E-state index contributed by atoms with van der Waals surface area (Å²) in [5.41, 5.74) is 1.02. The molecule has 2 aromatic rings. The van der Waals surface area contributed by atoms with Gasteiger partial charge >= 0.3 is 5.97 Å². The molecule has 3 rings (SSSR count). The van der Waals surface area contributed by atoms with Crippen molar-refractivity contribution >= 4 is 39.9 Å². The quantitative estimate of drug-likeness (QED) is 0.750. The smallest absolute Gasteiger partial charge is 0.350 e. The Balaban J connectivity index is 1.95. The van der Waals surface area contributed by atoms with E-state index in [2.05, 4.69) is 4.98 Å². The summed E-state index contributed by atoms with van der Waals surface area (Å²) in [5, 5.41) is 0.926. The van der Waals surface area contributed by atoms with Gasteiger partial charge in [-0.15, -0.1) is 0 Å². The van der Waals surface area contributed by atoms with E-state index in [9.17, 15) is 9.59 Å². The Morgan fingerprint density at radius 1 is 1.38 bits per heavy atom. The van der Waals surface area contributed by atoms with Crippen LogP contribution in [0.25, 0.3) is 0 Å². The lowest BCUT2D eigenvalue weighted by molar-refractivity contribution is 0.0531. The number of carbonyl (C=O) groups is 2. The van der Waals surface area contributed by atoms with Crippen LogP contribution in [-0.2, 0) is 4.74 Å². The lowest BCUT2D eigenvalue weighted by atomic mass is 10.2. The molecule has 1 aliphatic rings. The number of amides is 1. The Labute approximate surface area is 149 Å². The van der Waals surface area contributed by atoms with Crippen molar-refractivity contribution in [3.05, 3.63) is 45.4 Å². The van der Waals surface area contributed by atoms with Crippen LogP contribution in [0.5, 0.6) is 0 Å². The molecule has 0 atom stereocenters. The second-order valence-electron chi connectivity index (χ2n) is 5.52. The second kappa shape index (κ2) is 6.91. The van der Waals surface area contributed by atoms with Gasteiger partial charge in [-0.05, 0) is 38.8 Å². The maximum absolute atomic E-state index is 13.0. The summed E-state index contributed by atoms with van der Waals surface area (Å²) in [4.78, 5) is 31.5. The molecule has 126 valence electrons. The van der Waals surface area contributed by atoms with Crippen LogP contribution in [-0.4, -0.2) is 29.5 Å². The number of aryl methyl sites for hydroxylation is 1. The number of thiazole rings is 1. The van der Waals surface area contributed by atoms with Crippen molar-refractivity contribution in [3.63, 3.8) is 0 Å². The van der Waals surface area contributed by atoms with Crippen LogP contribution in [0.2, 0.25) is 5.02 Å². The Kier molecular flexibility index (Phi) is 4.87. The molecule has 0 aliphatic heterocycles. The fourth-order valence-electron chi connectivity index (χ4n) is 2.38. The number of carbonyl (C=O) groups excluding carboxylic acids is 2. The first kappa shape index (κ1) is 16.9. The third-order valence-electron chi connectivity index (χ3n) is 3.69. The summed E-state index contributed by atoms with van der Waals surface area (Å²) in [6, 6.07) is 7.06. The molecule has 1 fully saturated rings. The number of esters is 1. The van der Waals surface area contributed by atoms with E-state index in [0.29, 0.717) is 32.9 Å². The summed E-state index contributed by atoms with van der Waals surface area (Å²) < 4.78 is 5.05. The molecule has 0 radical (unpaired) electrons. The molecule has 0 unspecified atom stereocenters. The molecular formula is C17H17ClN2O3S. The molecule has 0 saturated heterocycles. The van der Waals surface area contributed by atoms with E-state index < -0.39 is 5.97 Å². The summed E-state index contributed by atoms with van der Waals surface area (Å²) in [5.74, 6) is -0.591. The van der Waals surface area contributed by atoms with Crippen molar-refractivity contribution in [2.45, 2.75) is 32.7 Å². The number of aromatic nitrogens is 1. The largest absolute Gasteiger partial charge is 0.462 e. The molecule has 1 aromatic heterocycles. The average Bonchev–Trinajstić information content (AvgIpc) is 3.30. The number of halogens is 1. The van der Waals surface area contributed by atoms with Gasteiger partial charge in [0.1, 0.15) is 4.88 Å². The molecule has 24 heavy (non-hydrogen) atoms. The van der Waals surface area contributed by atoms with Gasteiger partial charge in [-0.2, -0.15) is 0 Å². The number of hydrogen-bond donors (Lipinski definition) is 0. The maximum atomic E-state index is 13.0. The molecule has 1 amide bonds. The van der Waals surface area contributed by atoms with Gasteiger partial charge in [0.2, 0.25) is 0 Å². The molecular weight excluding hydrogens is 348 g/mol. The number of benzene rings is 1. The highest BCUT2D eigenvalue weighted by Crippen LogP contribution is 2.37. The predicted molar refractivity (Wildman–Crippen MR) is 94.1 cm³/mol. The zero-order valence-electron chi connectivity index (χ0n) is 13.4. The van der Waals surface area contributed by atoms with Gasteiger partial charge in [-0.25, -0.2) is 9.78 Å². The van der Waals surface area contributed by atoms with Crippen molar-refractivity contribution in [1.82, 2.24) is 4.98 Å². The van der Waals surface area contributed by atoms with E-state index in [1.54, 1.807) is 43.0 Å². The highest BCUT2D eigenvalue weighted by molar-refractivity contribution is 7.17. The highest BCUT2D eigenvalue weighted by atomic mass is 35.5. The maximum Gasteiger partial charge on any atom is 0.350 e. The molecule has 1 aromatic carbocycles. The SMILES string of the molecule is CCOC(=O)c1sc(N(C(=O)c2ccccc2Cl)C2CC2)nc1C. The standard InChI is InChI=1S/C17H17ClN2O3S/c1-3-23-16(22)14-10(2)19-17(24-14)20(11-8-9-11)15(21)12-6-4-5-7-13(12)18/h4-7,11H,3,8-9H2,1-2H3. The first-order valence-corrected chi connectivity index (χ1v) is 8.95. The molecule has 0 N–H and O–H groups in total. The third kappa shape index (κ3) is 3.30. The average molecular weight is 365 g/mol. The van der Waals surface area contributed by atoms with E-state index in [1.165, 1.54) is 11.3 Å². The van der Waals surface area contributed by atoms with Gasteiger partial charge in [0, 0.05) is 6.04 Å². The van der Waals surface area contributed by atoms with E-state index in [1.807, 2.05) is 0 Å². The van der Waals surface area contributed by atoms with Gasteiger partial charge in [0.05, 0.1) is 22.9 Å². The van der Waals surface area contributed by atoms with Crippen molar-refractivity contribution in [3.8, 4) is 0 Å². The summed E-state index contributed by atoms with van der Waals surface area (Å²) in [7, 11) is 0. The number of nitrogens with zero attached hydrogens (tertiary/aromatic N) is 2. The van der Waals surface area contributed by atoms with Crippen LogP contribution in [0.3, 0.4) is 0 Å². The Morgan fingerprint density at radius 2 is 2.08 bits per heavy atom. The molecule has 7 heteroatoms. The van der Waals surface area contributed by atoms with Crippen molar-refractivity contribution in [2.75, 3.05) is 11.5 Å². The first-order chi connectivity index (χ1) is 11.5. The minimum absolute atomic E-state index is 0.106. The van der Waals surface area contributed by atoms with Crippen molar-refractivity contribution < 1.29 is 14.3 Å². The van der Waals surface area contributed by atoms with Crippen LogP contribution >= 0.6 is 22.9 Å². The van der Waals surface area contributed by atoms with Gasteiger partial charge in [0.15, 0.2) is 5.13 Å². The van der Waals surface area contributed by atoms with Crippen LogP contribution in [0, 0.1) is 6.92 Å². The monoisotopic (exact) mass is 364 g/mol. The van der Waals surface area contributed by atoms with Crippen molar-refractivity contribution in [1.29, 1.82) is 0 Å². The first-order valence-electron chi connectivity index (χ1n) is 7.75. The predicted octanol–water partition coefficient (Wildman–Crippen LogP) is 4.09. The Bertz CT molecular complexity index is 786. The fraction of sp³-hybridized carbons (Fsp3) is 0.353. The van der Waals surface area contributed by atoms with Crippen LogP contribution in [0.4, 0.5) is 5.13 Å². The Morgan fingerprint density at radius 3 is 2.71 bits per heavy atom. The number of anilines is 1. The lowest BCUT2D eigenvalue weighted by Gasteiger charge is -2.19. The summed E-state index contributed by atoms with van der Waals surface area (Å²) in [6.07, 6.45) is 1.84. The summed E-state index contributed by atoms with van der Waals surface area (Å²) in [6.45, 7) is 3.81. The minimum atomic E-state index is -0.403. The highest BCUT2D eigenvalue weighted by Gasteiger charge is 2.37. The summed E-state index contributed by atoms with van der Waals surface area (Å²) >= 11 is 7.35. The normalized spacial score (nSPS) is 13.6. The topological polar surface area (TPSA) is 59.5 Å².